The third-order valence-electron chi connectivity index (χ3n) is 5.82. The molecular formula is C17H23FO. The number of benzene rings is 1. The summed E-state index contributed by atoms with van der Waals surface area (Å²) in [5.74, 6) is -0.0998. The van der Waals surface area contributed by atoms with Crippen LogP contribution in [0.15, 0.2) is 18.2 Å². The first-order chi connectivity index (χ1) is 8.98. The highest BCUT2D eigenvalue weighted by atomic mass is 19.1. The van der Waals surface area contributed by atoms with E-state index in [1.165, 1.54) is 24.0 Å². The minimum absolute atomic E-state index is 0.0998. The van der Waals surface area contributed by atoms with Crippen LogP contribution in [0.1, 0.15) is 50.7 Å². The van der Waals surface area contributed by atoms with E-state index in [0.29, 0.717) is 11.5 Å². The first-order valence-electron chi connectivity index (χ1n) is 7.30. The molecule has 0 saturated heterocycles. The Hall–Kier alpha value is -0.890. The summed E-state index contributed by atoms with van der Waals surface area (Å²) in [7, 11) is 1.81. The fourth-order valence-electron chi connectivity index (χ4n) is 4.37. The summed E-state index contributed by atoms with van der Waals surface area (Å²) in [6, 6.07) is 5.36. The molecule has 2 aliphatic carbocycles. The van der Waals surface area contributed by atoms with Crippen LogP contribution >= 0.6 is 0 Å². The molecule has 2 aliphatic rings. The molecule has 0 unspecified atom stereocenters. The lowest BCUT2D eigenvalue weighted by molar-refractivity contribution is 0.00355. The van der Waals surface area contributed by atoms with Crippen molar-refractivity contribution in [2.24, 2.45) is 5.41 Å². The Morgan fingerprint density at radius 1 is 1.21 bits per heavy atom. The summed E-state index contributed by atoms with van der Waals surface area (Å²) in [6.45, 7) is 4.67. The van der Waals surface area contributed by atoms with Crippen LogP contribution in [0.3, 0.4) is 0 Å². The van der Waals surface area contributed by atoms with Crippen LogP contribution in [0.25, 0.3) is 0 Å². The average Bonchev–Trinajstić information content (AvgIpc) is 2.58. The zero-order chi connectivity index (χ0) is 13.7. The van der Waals surface area contributed by atoms with E-state index in [0.717, 1.165) is 19.3 Å². The molecule has 1 nitrogen and oxygen atoms in total. The van der Waals surface area contributed by atoms with Gasteiger partial charge in [0.25, 0.3) is 0 Å². The largest absolute Gasteiger partial charge is 0.381 e. The second-order valence-electron chi connectivity index (χ2n) is 6.82. The molecule has 104 valence electrons. The smallest absolute Gasteiger partial charge is 0.123 e. The van der Waals surface area contributed by atoms with Gasteiger partial charge in [-0.3, -0.25) is 0 Å². The molecule has 0 aliphatic heterocycles. The second kappa shape index (κ2) is 4.31. The van der Waals surface area contributed by atoms with Crippen molar-refractivity contribution in [2.45, 2.75) is 57.5 Å². The zero-order valence-electron chi connectivity index (χ0n) is 12.1. The van der Waals surface area contributed by atoms with E-state index in [2.05, 4.69) is 13.8 Å². The molecule has 0 aromatic heterocycles. The topological polar surface area (TPSA) is 9.23 Å². The number of hydrogen-bond acceptors (Lipinski definition) is 1. The summed E-state index contributed by atoms with van der Waals surface area (Å²) in [5, 5.41) is 0. The highest BCUT2D eigenvalue weighted by Gasteiger charge is 2.52. The van der Waals surface area contributed by atoms with Gasteiger partial charge in [0.1, 0.15) is 5.82 Å². The zero-order valence-corrected chi connectivity index (χ0v) is 12.1. The molecule has 1 aromatic rings. The van der Waals surface area contributed by atoms with Gasteiger partial charge < -0.3 is 4.74 Å². The molecule has 2 heteroatoms. The van der Waals surface area contributed by atoms with E-state index in [1.54, 1.807) is 12.1 Å². The Morgan fingerprint density at radius 2 is 1.89 bits per heavy atom. The molecule has 0 bridgehead atoms. The summed E-state index contributed by atoms with van der Waals surface area (Å²) in [5.41, 5.74) is 3.03. The third kappa shape index (κ3) is 1.84. The van der Waals surface area contributed by atoms with Crippen LogP contribution < -0.4 is 0 Å². The first kappa shape index (κ1) is 13.1. The number of halogens is 1. The van der Waals surface area contributed by atoms with Crippen molar-refractivity contribution in [3.63, 3.8) is 0 Å². The summed E-state index contributed by atoms with van der Waals surface area (Å²) in [4.78, 5) is 0. The van der Waals surface area contributed by atoms with E-state index in [1.807, 2.05) is 13.2 Å². The Bertz CT molecular complexity index is 484. The number of methoxy groups -OCH3 is 1. The molecule has 19 heavy (non-hydrogen) atoms. The van der Waals surface area contributed by atoms with Gasteiger partial charge in [-0.15, -0.1) is 0 Å². The Labute approximate surface area is 115 Å². The monoisotopic (exact) mass is 262 g/mol. The lowest BCUT2D eigenvalue weighted by atomic mass is 9.59. The normalized spacial score (nSPS) is 32.5. The molecule has 0 amide bonds. The lowest BCUT2D eigenvalue weighted by Crippen LogP contribution is -2.42. The van der Waals surface area contributed by atoms with Crippen LogP contribution in [0.4, 0.5) is 4.39 Å². The van der Waals surface area contributed by atoms with Gasteiger partial charge in [0.2, 0.25) is 0 Å². The third-order valence-corrected chi connectivity index (χ3v) is 5.82. The predicted molar refractivity (Wildman–Crippen MR) is 74.8 cm³/mol. The van der Waals surface area contributed by atoms with E-state index in [9.17, 15) is 4.39 Å². The maximum Gasteiger partial charge on any atom is 0.123 e. The molecule has 1 saturated carbocycles. The van der Waals surface area contributed by atoms with E-state index < -0.39 is 0 Å². The fraction of sp³-hybridized carbons (Fsp3) is 0.647. The number of fused-ring (bicyclic) bond motifs is 1. The molecule has 1 fully saturated rings. The minimum Gasteiger partial charge on any atom is -0.381 e. The van der Waals surface area contributed by atoms with Crippen LogP contribution in [-0.2, 0) is 16.6 Å². The van der Waals surface area contributed by atoms with Crippen LogP contribution in [0.2, 0.25) is 0 Å². The SMILES string of the molecule is COC1CCC2(CC1)Cc1cc(F)ccc1C2(C)C. The van der Waals surface area contributed by atoms with Gasteiger partial charge in [0.05, 0.1) is 6.10 Å². The maximum absolute atomic E-state index is 13.5. The molecule has 0 heterocycles. The van der Waals surface area contributed by atoms with Crippen molar-refractivity contribution in [3.05, 3.63) is 35.1 Å². The summed E-state index contributed by atoms with van der Waals surface area (Å²) >= 11 is 0. The van der Waals surface area contributed by atoms with E-state index >= 15 is 0 Å². The standard InChI is InChI=1S/C17H23FO/c1-16(2)15-5-4-13(18)10-12(15)11-17(16)8-6-14(19-3)7-9-17/h4-5,10,14H,6-9,11H2,1-3H3. The van der Waals surface area contributed by atoms with Crippen molar-refractivity contribution in [3.8, 4) is 0 Å². The van der Waals surface area contributed by atoms with Gasteiger partial charge in [-0.1, -0.05) is 19.9 Å². The molecule has 0 atom stereocenters. The Balaban J connectivity index is 1.94. The molecule has 0 radical (unpaired) electrons. The first-order valence-corrected chi connectivity index (χ1v) is 7.30. The number of rotatable bonds is 1. The average molecular weight is 262 g/mol. The Kier molecular flexibility index (Phi) is 2.97. The van der Waals surface area contributed by atoms with Crippen molar-refractivity contribution < 1.29 is 9.13 Å². The molecule has 1 aromatic carbocycles. The summed E-state index contributed by atoms with van der Waals surface area (Å²) in [6.07, 6.45) is 6.10. The number of hydrogen-bond donors (Lipinski definition) is 0. The Morgan fingerprint density at radius 3 is 2.53 bits per heavy atom. The van der Waals surface area contributed by atoms with Crippen molar-refractivity contribution >= 4 is 0 Å². The lowest BCUT2D eigenvalue weighted by Gasteiger charge is -2.46. The minimum atomic E-state index is -0.0998. The van der Waals surface area contributed by atoms with Gasteiger partial charge in [0, 0.05) is 7.11 Å². The fourth-order valence-corrected chi connectivity index (χ4v) is 4.37. The van der Waals surface area contributed by atoms with Gasteiger partial charge in [-0.2, -0.15) is 0 Å². The predicted octanol–water partition coefficient (Wildman–Crippen LogP) is 4.23. The van der Waals surface area contributed by atoms with Crippen molar-refractivity contribution in [1.29, 1.82) is 0 Å². The maximum atomic E-state index is 13.5. The van der Waals surface area contributed by atoms with E-state index in [-0.39, 0.29) is 11.2 Å². The molecular weight excluding hydrogens is 239 g/mol. The molecule has 1 spiro atoms. The van der Waals surface area contributed by atoms with Crippen LogP contribution in [0, 0.1) is 11.2 Å². The number of ether oxygens (including phenoxy) is 1. The van der Waals surface area contributed by atoms with E-state index in [4.69, 9.17) is 4.74 Å². The summed E-state index contributed by atoms with van der Waals surface area (Å²) < 4.78 is 19.0. The van der Waals surface area contributed by atoms with Crippen molar-refractivity contribution in [2.75, 3.05) is 7.11 Å². The highest BCUT2D eigenvalue weighted by Crippen LogP contribution is 2.58. The van der Waals surface area contributed by atoms with Crippen LogP contribution in [-0.4, -0.2) is 13.2 Å². The van der Waals surface area contributed by atoms with Crippen molar-refractivity contribution in [1.82, 2.24) is 0 Å². The van der Waals surface area contributed by atoms with Gasteiger partial charge in [-0.25, -0.2) is 4.39 Å². The van der Waals surface area contributed by atoms with Gasteiger partial charge >= 0.3 is 0 Å². The van der Waals surface area contributed by atoms with Gasteiger partial charge in [-0.05, 0) is 66.2 Å². The van der Waals surface area contributed by atoms with Crippen LogP contribution in [0.5, 0.6) is 0 Å². The molecule has 3 rings (SSSR count). The molecule has 0 N–H and O–H groups in total. The van der Waals surface area contributed by atoms with Gasteiger partial charge in [0.15, 0.2) is 0 Å². The quantitative estimate of drug-likeness (QED) is 0.735. The second-order valence-corrected chi connectivity index (χ2v) is 6.82. The highest BCUT2D eigenvalue weighted by molar-refractivity contribution is 5.42.